The van der Waals surface area contributed by atoms with E-state index in [1.807, 2.05) is 13.8 Å². The molecule has 2 aromatic carbocycles. The topological polar surface area (TPSA) is 21.3 Å². The molecule has 1 unspecified atom stereocenters. The summed E-state index contributed by atoms with van der Waals surface area (Å²) in [6.45, 7) is 4.62. The van der Waals surface area contributed by atoms with E-state index in [0.717, 1.165) is 12.6 Å². The molecule has 0 aliphatic carbocycles. The van der Waals surface area contributed by atoms with Crippen molar-refractivity contribution in [1.29, 1.82) is 0 Å². The zero-order valence-corrected chi connectivity index (χ0v) is 12.5. The molecule has 0 aromatic heterocycles. The molecule has 1 N–H and O–H groups in total. The van der Waals surface area contributed by atoms with E-state index < -0.39 is 11.6 Å². The van der Waals surface area contributed by atoms with E-state index in [9.17, 15) is 8.78 Å². The molecule has 1 atom stereocenters. The number of hydrogen-bond donors (Lipinski definition) is 1. The highest BCUT2D eigenvalue weighted by Gasteiger charge is 2.16. The van der Waals surface area contributed by atoms with E-state index in [4.69, 9.17) is 16.3 Å². The second-order valence-electron chi connectivity index (χ2n) is 4.62. The Hall–Kier alpha value is -1.65. The lowest BCUT2D eigenvalue weighted by atomic mass is 10.1. The van der Waals surface area contributed by atoms with Crippen LogP contribution in [0.3, 0.4) is 0 Å². The fourth-order valence-corrected chi connectivity index (χ4v) is 2.17. The van der Waals surface area contributed by atoms with Crippen LogP contribution in [-0.4, -0.2) is 6.54 Å². The third kappa shape index (κ3) is 3.71. The molecule has 2 rings (SSSR count). The third-order valence-corrected chi connectivity index (χ3v) is 3.39. The predicted molar refractivity (Wildman–Crippen MR) is 80.0 cm³/mol. The average Bonchev–Trinajstić information content (AvgIpc) is 2.45. The molecule has 0 spiro atoms. The molecule has 0 saturated carbocycles. The summed E-state index contributed by atoms with van der Waals surface area (Å²) in [4.78, 5) is 0. The van der Waals surface area contributed by atoms with Crippen LogP contribution in [0.5, 0.6) is 11.5 Å². The van der Waals surface area contributed by atoms with Gasteiger partial charge in [-0.2, -0.15) is 0 Å². The fourth-order valence-electron chi connectivity index (χ4n) is 2.05. The Balaban J connectivity index is 2.36. The quantitative estimate of drug-likeness (QED) is 0.831. The first-order valence-electron chi connectivity index (χ1n) is 6.67. The molecule has 21 heavy (non-hydrogen) atoms. The maximum Gasteiger partial charge on any atom is 0.167 e. The number of halogens is 3. The van der Waals surface area contributed by atoms with E-state index in [1.54, 1.807) is 12.1 Å². The van der Waals surface area contributed by atoms with Crippen molar-refractivity contribution in [2.75, 3.05) is 6.54 Å². The molecular weight excluding hydrogens is 296 g/mol. The van der Waals surface area contributed by atoms with Gasteiger partial charge in [-0.1, -0.05) is 30.7 Å². The highest BCUT2D eigenvalue weighted by Crippen LogP contribution is 2.33. The van der Waals surface area contributed by atoms with Crippen LogP contribution in [0.1, 0.15) is 25.5 Å². The average molecular weight is 312 g/mol. The Kier molecular flexibility index (Phi) is 5.15. The minimum absolute atomic E-state index is 0.00266. The van der Waals surface area contributed by atoms with Gasteiger partial charge in [0.25, 0.3) is 0 Å². The molecular formula is C16H16ClF2NO. The molecule has 0 amide bonds. The van der Waals surface area contributed by atoms with Crippen molar-refractivity contribution in [1.82, 2.24) is 5.32 Å². The van der Waals surface area contributed by atoms with Crippen molar-refractivity contribution >= 4 is 11.6 Å². The molecule has 0 aliphatic heterocycles. The van der Waals surface area contributed by atoms with Gasteiger partial charge in [0.1, 0.15) is 11.6 Å². The summed E-state index contributed by atoms with van der Waals surface area (Å²) in [5.41, 5.74) is 0.673. The number of nitrogens with one attached hydrogen (secondary N) is 1. The van der Waals surface area contributed by atoms with Gasteiger partial charge in [0, 0.05) is 17.7 Å². The van der Waals surface area contributed by atoms with Crippen molar-refractivity contribution in [3.05, 3.63) is 58.6 Å². The standard InChI is InChI=1S/C16H16ClF2NO/c1-3-20-10(2)12-5-4-6-14(18)16(12)21-11-7-8-13(17)15(19)9-11/h4-10,20H,3H2,1-2H3. The highest BCUT2D eigenvalue weighted by molar-refractivity contribution is 6.30. The number of ether oxygens (including phenoxy) is 1. The van der Waals surface area contributed by atoms with Crippen molar-refractivity contribution in [3.63, 3.8) is 0 Å². The van der Waals surface area contributed by atoms with Crippen molar-refractivity contribution in [3.8, 4) is 11.5 Å². The number of benzene rings is 2. The van der Waals surface area contributed by atoms with Gasteiger partial charge in [-0.15, -0.1) is 0 Å². The van der Waals surface area contributed by atoms with Gasteiger partial charge < -0.3 is 10.1 Å². The van der Waals surface area contributed by atoms with Gasteiger partial charge >= 0.3 is 0 Å². The predicted octanol–water partition coefficient (Wildman–Crippen LogP) is 5.08. The maximum absolute atomic E-state index is 14.0. The lowest BCUT2D eigenvalue weighted by Crippen LogP contribution is -2.18. The van der Waals surface area contributed by atoms with Crippen molar-refractivity contribution < 1.29 is 13.5 Å². The van der Waals surface area contributed by atoms with Crippen LogP contribution in [0.2, 0.25) is 5.02 Å². The minimum Gasteiger partial charge on any atom is -0.454 e. The monoisotopic (exact) mass is 311 g/mol. The SMILES string of the molecule is CCNC(C)c1cccc(F)c1Oc1ccc(Cl)c(F)c1. The number of para-hydroxylation sites is 1. The first kappa shape index (κ1) is 15.7. The first-order valence-corrected chi connectivity index (χ1v) is 7.05. The molecule has 0 aliphatic rings. The second-order valence-corrected chi connectivity index (χ2v) is 5.02. The third-order valence-electron chi connectivity index (χ3n) is 3.09. The van der Waals surface area contributed by atoms with Crippen LogP contribution in [-0.2, 0) is 0 Å². The summed E-state index contributed by atoms with van der Waals surface area (Å²) < 4.78 is 33.0. The van der Waals surface area contributed by atoms with Gasteiger partial charge in [-0.3, -0.25) is 0 Å². The van der Waals surface area contributed by atoms with Crippen LogP contribution in [0.4, 0.5) is 8.78 Å². The molecule has 112 valence electrons. The van der Waals surface area contributed by atoms with Gasteiger partial charge in [0.15, 0.2) is 11.6 Å². The molecule has 5 heteroatoms. The summed E-state index contributed by atoms with van der Waals surface area (Å²) in [5, 5.41) is 3.19. The van der Waals surface area contributed by atoms with Gasteiger partial charge in [0.2, 0.25) is 0 Å². The maximum atomic E-state index is 14.0. The number of hydrogen-bond acceptors (Lipinski definition) is 2. The fraction of sp³-hybridized carbons (Fsp3) is 0.250. The normalized spacial score (nSPS) is 12.2. The summed E-state index contributed by atoms with van der Waals surface area (Å²) in [5.74, 6) is -0.806. The largest absolute Gasteiger partial charge is 0.454 e. The summed E-state index contributed by atoms with van der Waals surface area (Å²) in [6, 6.07) is 8.63. The summed E-state index contributed by atoms with van der Waals surface area (Å²) in [7, 11) is 0. The minimum atomic E-state index is -0.605. The Labute approximate surface area is 127 Å². The lowest BCUT2D eigenvalue weighted by Gasteiger charge is -2.18. The molecule has 0 fully saturated rings. The molecule has 0 saturated heterocycles. The second kappa shape index (κ2) is 6.87. The zero-order valence-electron chi connectivity index (χ0n) is 11.8. The van der Waals surface area contributed by atoms with Crippen LogP contribution in [0.25, 0.3) is 0 Å². The zero-order chi connectivity index (χ0) is 15.4. The summed E-state index contributed by atoms with van der Waals surface area (Å²) >= 11 is 5.62. The number of rotatable bonds is 5. The molecule has 2 aromatic rings. The van der Waals surface area contributed by atoms with E-state index in [-0.39, 0.29) is 22.6 Å². The lowest BCUT2D eigenvalue weighted by molar-refractivity contribution is 0.423. The highest BCUT2D eigenvalue weighted by atomic mass is 35.5. The van der Waals surface area contributed by atoms with Gasteiger partial charge in [0.05, 0.1) is 5.02 Å². The Morgan fingerprint density at radius 2 is 1.95 bits per heavy atom. The van der Waals surface area contributed by atoms with Gasteiger partial charge in [-0.05, 0) is 31.7 Å². The van der Waals surface area contributed by atoms with E-state index in [1.165, 1.54) is 18.2 Å². The Bertz CT molecular complexity index is 634. The van der Waals surface area contributed by atoms with Crippen LogP contribution < -0.4 is 10.1 Å². The first-order chi connectivity index (χ1) is 10.0. The molecule has 0 radical (unpaired) electrons. The van der Waals surface area contributed by atoms with Crippen molar-refractivity contribution in [2.45, 2.75) is 19.9 Å². The smallest absolute Gasteiger partial charge is 0.167 e. The van der Waals surface area contributed by atoms with Crippen LogP contribution in [0.15, 0.2) is 36.4 Å². The Morgan fingerprint density at radius 1 is 1.19 bits per heavy atom. The Morgan fingerprint density at radius 3 is 2.62 bits per heavy atom. The van der Waals surface area contributed by atoms with Crippen molar-refractivity contribution in [2.24, 2.45) is 0 Å². The van der Waals surface area contributed by atoms with E-state index in [2.05, 4.69) is 5.32 Å². The van der Waals surface area contributed by atoms with E-state index in [0.29, 0.717) is 5.56 Å². The molecule has 0 heterocycles. The van der Waals surface area contributed by atoms with E-state index >= 15 is 0 Å². The van der Waals surface area contributed by atoms with Crippen LogP contribution >= 0.6 is 11.6 Å². The van der Waals surface area contributed by atoms with Gasteiger partial charge in [-0.25, -0.2) is 8.78 Å². The molecule has 2 nitrogen and oxygen atoms in total. The molecule has 0 bridgehead atoms. The van der Waals surface area contributed by atoms with Crippen LogP contribution in [0, 0.1) is 11.6 Å². The summed E-state index contributed by atoms with van der Waals surface area (Å²) in [6.07, 6.45) is 0.